The third-order valence-corrected chi connectivity index (χ3v) is 3.63. The lowest BCUT2D eigenvalue weighted by Crippen LogP contribution is -2.19. The molecule has 0 spiro atoms. The lowest BCUT2D eigenvalue weighted by Gasteiger charge is -2.15. The molecule has 0 aliphatic carbocycles. The van der Waals surface area contributed by atoms with Gasteiger partial charge in [-0.3, -0.25) is 0 Å². The summed E-state index contributed by atoms with van der Waals surface area (Å²) in [6, 6.07) is 9.31. The Morgan fingerprint density at radius 2 is 1.85 bits per heavy atom. The van der Waals surface area contributed by atoms with Crippen LogP contribution in [0.1, 0.15) is 43.6 Å². The van der Waals surface area contributed by atoms with Gasteiger partial charge in [-0.2, -0.15) is 0 Å². The van der Waals surface area contributed by atoms with E-state index in [0.717, 1.165) is 13.0 Å². The average molecular weight is 271 g/mol. The fourth-order valence-electron chi connectivity index (χ4n) is 2.34. The summed E-state index contributed by atoms with van der Waals surface area (Å²) < 4.78 is 2.05. The summed E-state index contributed by atoms with van der Waals surface area (Å²) in [5, 5.41) is 3.54. The van der Waals surface area contributed by atoms with E-state index in [4.69, 9.17) is 0 Å². The highest BCUT2D eigenvalue weighted by Crippen LogP contribution is 2.16. The van der Waals surface area contributed by atoms with Crippen molar-refractivity contribution in [1.29, 1.82) is 0 Å². The largest absolute Gasteiger partial charge is 0.337 e. The average Bonchev–Trinajstić information content (AvgIpc) is 2.82. The molecule has 0 fully saturated rings. The van der Waals surface area contributed by atoms with Crippen molar-refractivity contribution in [2.24, 2.45) is 13.0 Å². The normalized spacial score (nSPS) is 12.8. The molecule has 1 unspecified atom stereocenters. The van der Waals surface area contributed by atoms with Gasteiger partial charge in [-0.05, 0) is 30.4 Å². The first-order valence-corrected chi connectivity index (χ1v) is 7.33. The predicted octanol–water partition coefficient (Wildman–Crippen LogP) is 3.47. The maximum Gasteiger partial charge on any atom is 0.0945 e. The van der Waals surface area contributed by atoms with E-state index in [1.165, 1.54) is 16.8 Å². The predicted molar refractivity (Wildman–Crippen MR) is 83.4 cm³/mol. The monoisotopic (exact) mass is 271 g/mol. The van der Waals surface area contributed by atoms with Crippen LogP contribution in [-0.2, 0) is 20.0 Å². The Hall–Kier alpha value is -1.61. The van der Waals surface area contributed by atoms with Crippen molar-refractivity contribution in [3.8, 4) is 0 Å². The van der Waals surface area contributed by atoms with Crippen molar-refractivity contribution in [1.82, 2.24) is 14.9 Å². The van der Waals surface area contributed by atoms with Crippen LogP contribution in [0, 0.1) is 5.92 Å². The van der Waals surface area contributed by atoms with Gasteiger partial charge < -0.3 is 9.88 Å². The number of hydrogen-bond donors (Lipinski definition) is 1. The lowest BCUT2D eigenvalue weighted by molar-refractivity contribution is 0.557. The molecule has 0 bridgehead atoms. The van der Waals surface area contributed by atoms with E-state index < -0.39 is 0 Å². The van der Waals surface area contributed by atoms with E-state index in [2.05, 4.69) is 55.3 Å². The fourth-order valence-corrected chi connectivity index (χ4v) is 2.34. The number of imidazole rings is 1. The highest BCUT2D eigenvalue weighted by atomic mass is 15.0. The summed E-state index contributed by atoms with van der Waals surface area (Å²) in [5.41, 5.74) is 3.95. The van der Waals surface area contributed by atoms with Gasteiger partial charge in [-0.25, -0.2) is 4.98 Å². The number of aryl methyl sites for hydroxylation is 1. The summed E-state index contributed by atoms with van der Waals surface area (Å²) in [7, 11) is 2.02. The van der Waals surface area contributed by atoms with Crippen molar-refractivity contribution in [3.63, 3.8) is 0 Å². The number of nitrogens with zero attached hydrogens (tertiary/aromatic N) is 2. The molecule has 0 saturated carbocycles. The molecule has 0 aliphatic heterocycles. The standard InChI is InChI=1S/C17H25N3/c1-13(2)9-15-5-7-16(8-6-15)14(3)19-11-17-10-18-12-20(17)4/h5-8,10,12-14,19H,9,11H2,1-4H3. The van der Waals surface area contributed by atoms with Crippen molar-refractivity contribution in [3.05, 3.63) is 53.6 Å². The van der Waals surface area contributed by atoms with Crippen LogP contribution in [-0.4, -0.2) is 9.55 Å². The van der Waals surface area contributed by atoms with Crippen molar-refractivity contribution in [2.75, 3.05) is 0 Å². The number of aromatic nitrogens is 2. The van der Waals surface area contributed by atoms with Crippen LogP contribution in [0.3, 0.4) is 0 Å². The minimum absolute atomic E-state index is 0.345. The summed E-state index contributed by atoms with van der Waals surface area (Å²) in [5.74, 6) is 0.709. The molecular formula is C17H25N3. The van der Waals surface area contributed by atoms with E-state index in [1.807, 2.05) is 24.1 Å². The summed E-state index contributed by atoms with van der Waals surface area (Å²) in [6.07, 6.45) is 4.89. The molecule has 2 rings (SSSR count). The van der Waals surface area contributed by atoms with Crippen LogP contribution in [0.25, 0.3) is 0 Å². The number of rotatable bonds is 6. The molecule has 1 aromatic heterocycles. The van der Waals surface area contributed by atoms with E-state index in [0.29, 0.717) is 12.0 Å². The Morgan fingerprint density at radius 3 is 2.40 bits per heavy atom. The zero-order valence-electron chi connectivity index (χ0n) is 12.9. The van der Waals surface area contributed by atoms with Gasteiger partial charge >= 0.3 is 0 Å². The van der Waals surface area contributed by atoms with Gasteiger partial charge in [0.25, 0.3) is 0 Å². The zero-order chi connectivity index (χ0) is 14.5. The Kier molecular flexibility index (Phi) is 4.96. The van der Waals surface area contributed by atoms with Gasteiger partial charge in [-0.15, -0.1) is 0 Å². The Morgan fingerprint density at radius 1 is 1.15 bits per heavy atom. The van der Waals surface area contributed by atoms with Crippen LogP contribution in [0.4, 0.5) is 0 Å². The van der Waals surface area contributed by atoms with Crippen LogP contribution in [0.15, 0.2) is 36.8 Å². The Labute approximate surface area is 122 Å². The number of hydrogen-bond acceptors (Lipinski definition) is 2. The van der Waals surface area contributed by atoms with Gasteiger partial charge in [0.15, 0.2) is 0 Å². The van der Waals surface area contributed by atoms with Gasteiger partial charge in [0, 0.05) is 25.8 Å². The zero-order valence-corrected chi connectivity index (χ0v) is 12.9. The van der Waals surface area contributed by atoms with E-state index in [9.17, 15) is 0 Å². The number of benzene rings is 1. The third kappa shape index (κ3) is 3.94. The molecule has 1 heterocycles. The fraction of sp³-hybridized carbons (Fsp3) is 0.471. The minimum Gasteiger partial charge on any atom is -0.337 e. The van der Waals surface area contributed by atoms with Gasteiger partial charge in [0.2, 0.25) is 0 Å². The van der Waals surface area contributed by atoms with Crippen LogP contribution in [0.5, 0.6) is 0 Å². The van der Waals surface area contributed by atoms with E-state index in [-0.39, 0.29) is 0 Å². The molecule has 3 heteroatoms. The molecule has 0 radical (unpaired) electrons. The molecule has 0 aliphatic rings. The topological polar surface area (TPSA) is 29.9 Å². The summed E-state index contributed by atoms with van der Waals surface area (Å²) >= 11 is 0. The van der Waals surface area contributed by atoms with E-state index in [1.54, 1.807) is 0 Å². The molecule has 1 atom stereocenters. The Bertz CT molecular complexity index is 525. The van der Waals surface area contributed by atoms with E-state index >= 15 is 0 Å². The molecule has 108 valence electrons. The molecule has 2 aromatic rings. The SMILES string of the molecule is CC(C)Cc1ccc(C(C)NCc2cncn2C)cc1. The second kappa shape index (κ2) is 6.71. The van der Waals surface area contributed by atoms with Crippen LogP contribution >= 0.6 is 0 Å². The van der Waals surface area contributed by atoms with Crippen LogP contribution < -0.4 is 5.32 Å². The molecular weight excluding hydrogens is 246 g/mol. The maximum atomic E-state index is 4.13. The number of nitrogens with one attached hydrogen (secondary N) is 1. The van der Waals surface area contributed by atoms with Crippen molar-refractivity contribution >= 4 is 0 Å². The molecule has 1 N–H and O–H groups in total. The highest BCUT2D eigenvalue weighted by molar-refractivity contribution is 5.25. The second-order valence-corrected chi connectivity index (χ2v) is 5.94. The van der Waals surface area contributed by atoms with Gasteiger partial charge in [0.05, 0.1) is 12.0 Å². The quantitative estimate of drug-likeness (QED) is 0.872. The molecule has 0 saturated heterocycles. The van der Waals surface area contributed by atoms with Gasteiger partial charge in [-0.1, -0.05) is 38.1 Å². The van der Waals surface area contributed by atoms with Crippen LogP contribution in [0.2, 0.25) is 0 Å². The first-order valence-electron chi connectivity index (χ1n) is 7.33. The van der Waals surface area contributed by atoms with Crippen molar-refractivity contribution < 1.29 is 0 Å². The first kappa shape index (κ1) is 14.8. The highest BCUT2D eigenvalue weighted by Gasteiger charge is 2.06. The smallest absolute Gasteiger partial charge is 0.0945 e. The lowest BCUT2D eigenvalue weighted by atomic mass is 10.00. The molecule has 0 amide bonds. The summed E-state index contributed by atoms with van der Waals surface area (Å²) in [4.78, 5) is 4.13. The molecule has 20 heavy (non-hydrogen) atoms. The second-order valence-electron chi connectivity index (χ2n) is 5.94. The third-order valence-electron chi connectivity index (χ3n) is 3.63. The maximum absolute atomic E-state index is 4.13. The minimum atomic E-state index is 0.345. The summed E-state index contributed by atoms with van der Waals surface area (Å²) in [6.45, 7) is 7.55. The van der Waals surface area contributed by atoms with Crippen molar-refractivity contribution in [2.45, 2.75) is 39.8 Å². The Balaban J connectivity index is 1.92. The molecule has 3 nitrogen and oxygen atoms in total. The van der Waals surface area contributed by atoms with Gasteiger partial charge in [0.1, 0.15) is 0 Å². The first-order chi connectivity index (χ1) is 9.56. The molecule has 1 aromatic carbocycles.